The molecule has 1 fully saturated rings. The summed E-state index contributed by atoms with van der Waals surface area (Å²) in [6.07, 6.45) is 7.10. The van der Waals surface area contributed by atoms with Gasteiger partial charge in [0, 0.05) is 49.4 Å². The second-order valence-electron chi connectivity index (χ2n) is 8.04. The average molecular weight is 463 g/mol. The normalized spacial score (nSPS) is 15.9. The lowest BCUT2D eigenvalue weighted by Gasteiger charge is -2.38. The van der Waals surface area contributed by atoms with E-state index in [1.807, 2.05) is 30.3 Å². The maximum atomic E-state index is 12.9. The van der Waals surface area contributed by atoms with E-state index in [0.29, 0.717) is 43.5 Å². The van der Waals surface area contributed by atoms with E-state index in [2.05, 4.69) is 14.7 Å². The zero-order chi connectivity index (χ0) is 23.3. The number of piperidine rings is 1. The highest BCUT2D eigenvalue weighted by Crippen LogP contribution is 2.30. The third kappa shape index (κ3) is 5.32. The number of anilines is 1. The fraction of sp³-hybridized carbons (Fsp3) is 0.250. The molecule has 1 saturated heterocycles. The largest absolute Gasteiger partial charge is 0.404 e. The van der Waals surface area contributed by atoms with Gasteiger partial charge in [0.25, 0.3) is 5.91 Å². The van der Waals surface area contributed by atoms with Gasteiger partial charge in [0.15, 0.2) is 0 Å². The highest BCUT2D eigenvalue weighted by molar-refractivity contribution is 8.00. The van der Waals surface area contributed by atoms with E-state index in [4.69, 9.17) is 11.1 Å². The molecule has 0 unspecified atom stereocenters. The first-order chi connectivity index (χ1) is 16.0. The summed E-state index contributed by atoms with van der Waals surface area (Å²) >= 11 is 1.45. The first-order valence-corrected chi connectivity index (χ1v) is 11.5. The lowest BCUT2D eigenvalue weighted by atomic mass is 9.85. The fourth-order valence-corrected chi connectivity index (χ4v) is 4.63. The predicted molar refractivity (Wildman–Crippen MR) is 131 cm³/mol. The maximum Gasteiger partial charge on any atom is 0.253 e. The number of nitrogens with zero attached hydrogens (tertiary/aromatic N) is 3. The summed E-state index contributed by atoms with van der Waals surface area (Å²) in [7, 11) is 0. The maximum absolute atomic E-state index is 12.9. The Labute approximate surface area is 196 Å². The van der Waals surface area contributed by atoms with Crippen LogP contribution in [-0.4, -0.2) is 50.8 Å². The number of carbonyl (C=O) groups excluding carboxylic acids is 1. The topological polar surface area (TPSA) is 128 Å². The fourth-order valence-electron chi connectivity index (χ4n) is 3.87. The second-order valence-corrected chi connectivity index (χ2v) is 8.89. The number of benzene rings is 2. The molecule has 8 nitrogen and oxygen atoms in total. The molecular formula is C24H26N6O2S. The molecule has 0 spiro atoms. The van der Waals surface area contributed by atoms with Crippen LogP contribution in [0.1, 0.15) is 29.6 Å². The van der Waals surface area contributed by atoms with Crippen molar-refractivity contribution < 1.29 is 9.90 Å². The molecule has 1 aliphatic rings. The number of rotatable bonds is 7. The van der Waals surface area contributed by atoms with Crippen LogP contribution in [0, 0.1) is 5.41 Å². The Bertz CT molecular complexity index is 1170. The molecule has 0 atom stereocenters. The minimum absolute atomic E-state index is 0.0535. The molecule has 9 heteroatoms. The number of fused-ring (bicyclic) bond motifs is 1. The van der Waals surface area contributed by atoms with Crippen LogP contribution < -0.4 is 10.5 Å². The lowest BCUT2D eigenvalue weighted by Crippen LogP contribution is -2.47. The van der Waals surface area contributed by atoms with Gasteiger partial charge in [0.2, 0.25) is 0 Å². The van der Waals surface area contributed by atoms with Crippen LogP contribution in [0.5, 0.6) is 0 Å². The number of aromatic nitrogens is 2. The van der Waals surface area contributed by atoms with E-state index in [1.165, 1.54) is 18.1 Å². The SMILES string of the molecule is N=C/C(=C\N)CC1(O)CCN(C(=O)c2ccc(NSc3cccc4nccnc34)cc2)CC1. The second kappa shape index (κ2) is 10.0. The van der Waals surface area contributed by atoms with Gasteiger partial charge in [0.1, 0.15) is 5.52 Å². The summed E-state index contributed by atoms with van der Waals surface area (Å²) in [6, 6.07) is 13.2. The van der Waals surface area contributed by atoms with Crippen molar-refractivity contribution in [2.45, 2.75) is 29.8 Å². The summed E-state index contributed by atoms with van der Waals surface area (Å²) in [5, 5.41) is 18.1. The average Bonchev–Trinajstić information content (AvgIpc) is 2.86. The number of nitrogens with one attached hydrogen (secondary N) is 2. The summed E-state index contributed by atoms with van der Waals surface area (Å²) in [6.45, 7) is 0.923. The third-order valence-corrected chi connectivity index (χ3v) is 6.67. The van der Waals surface area contributed by atoms with Crippen molar-refractivity contribution in [3.63, 3.8) is 0 Å². The summed E-state index contributed by atoms with van der Waals surface area (Å²) < 4.78 is 3.30. The first-order valence-electron chi connectivity index (χ1n) is 10.7. The van der Waals surface area contributed by atoms with Crippen LogP contribution in [0.15, 0.2) is 71.5 Å². The Hall–Kier alpha value is -3.43. The molecule has 1 amide bonds. The van der Waals surface area contributed by atoms with Gasteiger partial charge >= 0.3 is 0 Å². The van der Waals surface area contributed by atoms with Gasteiger partial charge in [-0.15, -0.1) is 0 Å². The molecule has 1 aliphatic heterocycles. The van der Waals surface area contributed by atoms with Gasteiger partial charge in [-0.2, -0.15) is 0 Å². The van der Waals surface area contributed by atoms with E-state index in [9.17, 15) is 9.90 Å². The molecule has 1 aromatic heterocycles. The number of hydrogen-bond acceptors (Lipinski definition) is 8. The van der Waals surface area contributed by atoms with E-state index in [0.717, 1.165) is 27.8 Å². The molecular weight excluding hydrogens is 436 g/mol. The van der Waals surface area contributed by atoms with Crippen molar-refractivity contribution in [2.75, 3.05) is 17.8 Å². The number of nitrogens with two attached hydrogens (primary N) is 1. The van der Waals surface area contributed by atoms with E-state index in [-0.39, 0.29) is 5.91 Å². The monoisotopic (exact) mass is 462 g/mol. The van der Waals surface area contributed by atoms with Crippen LogP contribution in [0.4, 0.5) is 5.69 Å². The molecule has 33 heavy (non-hydrogen) atoms. The Kier molecular flexibility index (Phi) is 6.90. The van der Waals surface area contributed by atoms with Crippen LogP contribution in [0.25, 0.3) is 11.0 Å². The lowest BCUT2D eigenvalue weighted by molar-refractivity contribution is -0.0152. The first kappa shape index (κ1) is 22.8. The number of amides is 1. The van der Waals surface area contributed by atoms with Crippen molar-refractivity contribution in [3.05, 3.63) is 72.2 Å². The zero-order valence-corrected chi connectivity index (χ0v) is 18.9. The predicted octanol–water partition coefficient (Wildman–Crippen LogP) is 3.60. The molecule has 0 saturated carbocycles. The van der Waals surface area contributed by atoms with Crippen molar-refractivity contribution >= 4 is 40.8 Å². The molecule has 5 N–H and O–H groups in total. The van der Waals surface area contributed by atoms with Crippen LogP contribution in [0.3, 0.4) is 0 Å². The van der Waals surface area contributed by atoms with Crippen LogP contribution in [-0.2, 0) is 0 Å². The standard InChI is InChI=1S/C24H26N6O2S/c25-15-17(16-26)14-24(32)8-12-30(13-9-24)23(31)18-4-6-19(7-5-18)29-33-21-3-1-2-20-22(21)28-11-10-27-20/h1-7,10-11,15-16,25,29,32H,8-9,12-14,26H2/b17-16-,25-15?. The van der Waals surface area contributed by atoms with Crippen molar-refractivity contribution in [1.82, 2.24) is 14.9 Å². The summed E-state index contributed by atoms with van der Waals surface area (Å²) in [4.78, 5) is 24.4. The van der Waals surface area contributed by atoms with Gasteiger partial charge < -0.3 is 25.9 Å². The van der Waals surface area contributed by atoms with Crippen molar-refractivity contribution in [2.24, 2.45) is 5.73 Å². The Morgan fingerprint density at radius 3 is 2.61 bits per heavy atom. The van der Waals surface area contributed by atoms with E-state index >= 15 is 0 Å². The van der Waals surface area contributed by atoms with Gasteiger partial charge in [-0.05, 0) is 73.0 Å². The quantitative estimate of drug-likeness (QED) is 0.312. The van der Waals surface area contributed by atoms with Crippen LogP contribution in [0.2, 0.25) is 0 Å². The van der Waals surface area contributed by atoms with Gasteiger partial charge in [-0.3, -0.25) is 14.8 Å². The van der Waals surface area contributed by atoms with Crippen molar-refractivity contribution in [1.29, 1.82) is 5.41 Å². The molecule has 4 rings (SSSR count). The molecule has 0 aliphatic carbocycles. The van der Waals surface area contributed by atoms with E-state index < -0.39 is 5.60 Å². The van der Waals surface area contributed by atoms with Gasteiger partial charge in [-0.1, -0.05) is 6.07 Å². The van der Waals surface area contributed by atoms with Crippen molar-refractivity contribution in [3.8, 4) is 0 Å². The van der Waals surface area contributed by atoms with E-state index in [1.54, 1.807) is 29.4 Å². The minimum Gasteiger partial charge on any atom is -0.404 e. The highest BCUT2D eigenvalue weighted by atomic mass is 32.2. The molecule has 2 aromatic carbocycles. The Balaban J connectivity index is 1.34. The number of aliphatic hydroxyl groups is 1. The smallest absolute Gasteiger partial charge is 0.253 e. The summed E-state index contributed by atoms with van der Waals surface area (Å²) in [5.74, 6) is -0.0535. The summed E-state index contributed by atoms with van der Waals surface area (Å²) in [5.41, 5.74) is 8.31. The minimum atomic E-state index is -0.934. The molecule has 2 heterocycles. The number of carbonyl (C=O) groups is 1. The number of hydrogen-bond donors (Lipinski definition) is 4. The van der Waals surface area contributed by atoms with Gasteiger partial charge in [-0.25, -0.2) is 0 Å². The Morgan fingerprint density at radius 2 is 1.91 bits per heavy atom. The molecule has 0 radical (unpaired) electrons. The zero-order valence-electron chi connectivity index (χ0n) is 18.1. The van der Waals surface area contributed by atoms with Crippen LogP contribution >= 0.6 is 11.9 Å². The molecule has 0 bridgehead atoms. The number of likely N-dealkylation sites (tertiary alicyclic amines) is 1. The number of para-hydroxylation sites is 1. The Morgan fingerprint density at radius 1 is 1.18 bits per heavy atom. The third-order valence-electron chi connectivity index (χ3n) is 5.79. The highest BCUT2D eigenvalue weighted by Gasteiger charge is 2.34. The molecule has 170 valence electrons. The molecule has 3 aromatic rings. The van der Waals surface area contributed by atoms with Gasteiger partial charge in [0.05, 0.1) is 16.0 Å².